The Hall–Kier alpha value is -3.36. The molecule has 8 heteroatoms. The summed E-state index contributed by atoms with van der Waals surface area (Å²) in [6, 6.07) is 16.5. The summed E-state index contributed by atoms with van der Waals surface area (Å²) in [6.45, 7) is 1.76. The van der Waals surface area contributed by atoms with E-state index in [1.807, 2.05) is 11.4 Å². The molecule has 0 aliphatic carbocycles. The van der Waals surface area contributed by atoms with Crippen molar-refractivity contribution in [1.82, 2.24) is 4.98 Å². The largest absolute Gasteiger partial charge is 0.321 e. The number of aryl methyl sites for hydroxylation is 1. The van der Waals surface area contributed by atoms with Crippen LogP contribution >= 0.6 is 22.7 Å². The lowest BCUT2D eigenvalue weighted by molar-refractivity contribution is 0.102. The number of amides is 2. The van der Waals surface area contributed by atoms with E-state index in [1.165, 1.54) is 34.8 Å². The van der Waals surface area contributed by atoms with Gasteiger partial charge < -0.3 is 10.6 Å². The van der Waals surface area contributed by atoms with E-state index in [0.717, 1.165) is 5.56 Å². The number of hydrogen-bond acceptors (Lipinski definition) is 5. The minimum atomic E-state index is -0.323. The van der Waals surface area contributed by atoms with E-state index in [2.05, 4.69) is 15.6 Å². The van der Waals surface area contributed by atoms with Gasteiger partial charge in [-0.2, -0.15) is 0 Å². The smallest absolute Gasteiger partial charge is 0.267 e. The molecule has 0 saturated heterocycles. The fourth-order valence-corrected chi connectivity index (χ4v) is 4.37. The highest BCUT2D eigenvalue weighted by Crippen LogP contribution is 2.29. The molecule has 150 valence electrons. The van der Waals surface area contributed by atoms with Crippen molar-refractivity contribution < 1.29 is 14.0 Å². The monoisotopic (exact) mass is 437 g/mol. The highest BCUT2D eigenvalue weighted by molar-refractivity contribution is 7.17. The second-order valence-corrected chi connectivity index (χ2v) is 8.35. The molecule has 30 heavy (non-hydrogen) atoms. The number of rotatable bonds is 5. The predicted molar refractivity (Wildman–Crippen MR) is 119 cm³/mol. The molecule has 0 atom stereocenters. The molecule has 5 nitrogen and oxygen atoms in total. The van der Waals surface area contributed by atoms with Crippen LogP contribution < -0.4 is 10.6 Å². The summed E-state index contributed by atoms with van der Waals surface area (Å²) >= 11 is 2.60. The van der Waals surface area contributed by atoms with Crippen LogP contribution in [0.25, 0.3) is 10.6 Å². The fourth-order valence-electron chi connectivity index (χ4n) is 2.79. The third kappa shape index (κ3) is 4.45. The Morgan fingerprint density at radius 1 is 0.933 bits per heavy atom. The van der Waals surface area contributed by atoms with Gasteiger partial charge in [-0.05, 0) is 60.8 Å². The molecule has 0 unspecified atom stereocenters. The quantitative estimate of drug-likeness (QED) is 0.413. The zero-order chi connectivity index (χ0) is 21.1. The summed E-state index contributed by atoms with van der Waals surface area (Å²) in [7, 11) is 0. The standard InChI is InChI=1S/C22H16FN3O2S2/c1-13-19(30-22(24-13)14-7-9-15(23)10-8-14)21(28)26-17-5-2-4-16(12-17)25-20(27)18-6-3-11-29-18/h2-12H,1H3,(H,25,27)(H,26,28). The lowest BCUT2D eigenvalue weighted by Gasteiger charge is -2.08. The summed E-state index contributed by atoms with van der Waals surface area (Å²) in [5, 5.41) is 8.15. The molecule has 0 radical (unpaired) electrons. The van der Waals surface area contributed by atoms with Crippen molar-refractivity contribution in [2.24, 2.45) is 0 Å². The zero-order valence-corrected chi connectivity index (χ0v) is 17.4. The molecule has 0 aliphatic rings. The van der Waals surface area contributed by atoms with E-state index >= 15 is 0 Å². The zero-order valence-electron chi connectivity index (χ0n) is 15.8. The van der Waals surface area contributed by atoms with Crippen LogP contribution in [0, 0.1) is 12.7 Å². The average molecular weight is 438 g/mol. The molecule has 4 aromatic rings. The Labute approximate surface area is 180 Å². The van der Waals surface area contributed by atoms with Gasteiger partial charge in [-0.25, -0.2) is 9.37 Å². The number of hydrogen-bond donors (Lipinski definition) is 2. The van der Waals surface area contributed by atoms with Crippen molar-refractivity contribution in [3.05, 3.63) is 87.3 Å². The number of halogens is 1. The van der Waals surface area contributed by atoms with Crippen LogP contribution in [-0.2, 0) is 0 Å². The van der Waals surface area contributed by atoms with Crippen LogP contribution in [0.2, 0.25) is 0 Å². The van der Waals surface area contributed by atoms with E-state index < -0.39 is 0 Å². The van der Waals surface area contributed by atoms with Crippen LogP contribution in [0.3, 0.4) is 0 Å². The van der Waals surface area contributed by atoms with E-state index in [4.69, 9.17) is 0 Å². The minimum Gasteiger partial charge on any atom is -0.321 e. The molecule has 2 aromatic heterocycles. The van der Waals surface area contributed by atoms with Crippen LogP contribution in [0.1, 0.15) is 25.0 Å². The summed E-state index contributed by atoms with van der Waals surface area (Å²) in [4.78, 5) is 30.5. The molecule has 4 rings (SSSR count). The maximum absolute atomic E-state index is 13.1. The van der Waals surface area contributed by atoms with Gasteiger partial charge in [0.15, 0.2) is 0 Å². The molecule has 2 N–H and O–H groups in total. The first kappa shape index (κ1) is 19.9. The Morgan fingerprint density at radius 2 is 1.63 bits per heavy atom. The van der Waals surface area contributed by atoms with Gasteiger partial charge in [0, 0.05) is 16.9 Å². The number of carbonyl (C=O) groups is 2. The number of nitrogens with one attached hydrogen (secondary N) is 2. The maximum atomic E-state index is 13.1. The van der Waals surface area contributed by atoms with Gasteiger partial charge in [-0.1, -0.05) is 12.1 Å². The Kier molecular flexibility index (Phi) is 5.69. The van der Waals surface area contributed by atoms with Crippen molar-refractivity contribution in [2.75, 3.05) is 10.6 Å². The van der Waals surface area contributed by atoms with Crippen molar-refractivity contribution in [1.29, 1.82) is 0 Å². The third-order valence-corrected chi connectivity index (χ3v) is 6.29. The van der Waals surface area contributed by atoms with Gasteiger partial charge in [0.05, 0.1) is 10.6 Å². The molecule has 0 bridgehead atoms. The molecule has 2 heterocycles. The predicted octanol–water partition coefficient (Wildman–Crippen LogP) is 5.82. The van der Waals surface area contributed by atoms with Gasteiger partial charge in [-0.3, -0.25) is 9.59 Å². The first-order valence-electron chi connectivity index (χ1n) is 8.99. The van der Waals surface area contributed by atoms with Crippen molar-refractivity contribution in [3.63, 3.8) is 0 Å². The van der Waals surface area contributed by atoms with Gasteiger partial charge >= 0.3 is 0 Å². The Morgan fingerprint density at radius 3 is 2.30 bits per heavy atom. The molecule has 0 spiro atoms. The SMILES string of the molecule is Cc1nc(-c2ccc(F)cc2)sc1C(=O)Nc1cccc(NC(=O)c2cccs2)c1. The minimum absolute atomic E-state index is 0.198. The van der Waals surface area contributed by atoms with Crippen LogP contribution in [-0.4, -0.2) is 16.8 Å². The second-order valence-electron chi connectivity index (χ2n) is 6.41. The van der Waals surface area contributed by atoms with Crippen molar-refractivity contribution in [2.45, 2.75) is 6.92 Å². The summed E-state index contributed by atoms with van der Waals surface area (Å²) in [6.07, 6.45) is 0. The van der Waals surface area contributed by atoms with E-state index in [1.54, 1.807) is 49.4 Å². The summed E-state index contributed by atoms with van der Waals surface area (Å²) < 4.78 is 13.1. The third-order valence-electron chi connectivity index (χ3n) is 4.22. The molecule has 2 amide bonds. The number of benzene rings is 2. The molecule has 0 aliphatic heterocycles. The normalized spacial score (nSPS) is 10.6. The van der Waals surface area contributed by atoms with Crippen molar-refractivity contribution in [3.8, 4) is 10.6 Å². The van der Waals surface area contributed by atoms with Gasteiger partial charge in [-0.15, -0.1) is 22.7 Å². The lowest BCUT2D eigenvalue weighted by Crippen LogP contribution is -2.13. The van der Waals surface area contributed by atoms with E-state index in [-0.39, 0.29) is 17.6 Å². The van der Waals surface area contributed by atoms with Crippen LogP contribution in [0.5, 0.6) is 0 Å². The number of thiophene rings is 1. The van der Waals surface area contributed by atoms with Gasteiger partial charge in [0.25, 0.3) is 11.8 Å². The summed E-state index contributed by atoms with van der Waals surface area (Å²) in [5.74, 6) is -0.813. The number of nitrogens with zero attached hydrogens (tertiary/aromatic N) is 1. The van der Waals surface area contributed by atoms with E-state index in [0.29, 0.717) is 31.8 Å². The first-order chi connectivity index (χ1) is 14.5. The second kappa shape index (κ2) is 8.56. The lowest BCUT2D eigenvalue weighted by atomic mass is 10.2. The highest BCUT2D eigenvalue weighted by atomic mass is 32.1. The van der Waals surface area contributed by atoms with Crippen LogP contribution in [0.4, 0.5) is 15.8 Å². The van der Waals surface area contributed by atoms with Gasteiger partial charge in [0.2, 0.25) is 0 Å². The van der Waals surface area contributed by atoms with Gasteiger partial charge in [0.1, 0.15) is 15.7 Å². The Bertz CT molecular complexity index is 1200. The number of thiazole rings is 1. The maximum Gasteiger partial charge on any atom is 0.267 e. The number of aromatic nitrogens is 1. The molecule has 2 aromatic carbocycles. The van der Waals surface area contributed by atoms with Crippen molar-refractivity contribution >= 4 is 45.9 Å². The molecule has 0 fully saturated rings. The molecular weight excluding hydrogens is 421 g/mol. The molecular formula is C22H16FN3O2S2. The molecule has 0 saturated carbocycles. The fraction of sp³-hybridized carbons (Fsp3) is 0.0455. The number of carbonyl (C=O) groups excluding carboxylic acids is 2. The average Bonchev–Trinajstić information content (AvgIpc) is 3.39. The summed E-state index contributed by atoms with van der Waals surface area (Å²) in [5.41, 5.74) is 2.49. The first-order valence-corrected chi connectivity index (χ1v) is 10.7. The Balaban J connectivity index is 1.49. The van der Waals surface area contributed by atoms with Crippen LogP contribution in [0.15, 0.2) is 66.0 Å². The topological polar surface area (TPSA) is 71.1 Å². The highest BCUT2D eigenvalue weighted by Gasteiger charge is 2.17. The number of anilines is 2. The van der Waals surface area contributed by atoms with E-state index in [9.17, 15) is 14.0 Å².